The molecule has 0 bridgehead atoms. The van der Waals surface area contributed by atoms with E-state index in [1.165, 1.54) is 0 Å². The van der Waals surface area contributed by atoms with Crippen LogP contribution in [0.2, 0.25) is 10.0 Å². The molecule has 2 aromatic rings. The number of nitrogens with two attached hydrogens (primary N) is 1. The number of hydrogen-bond acceptors (Lipinski definition) is 3. The van der Waals surface area contributed by atoms with Gasteiger partial charge in [-0.2, -0.15) is 0 Å². The molecule has 0 aliphatic heterocycles. The Labute approximate surface area is 110 Å². The van der Waals surface area contributed by atoms with Crippen LogP contribution >= 0.6 is 23.2 Å². The van der Waals surface area contributed by atoms with Gasteiger partial charge in [0.25, 0.3) is 0 Å². The number of rotatable bonds is 3. The molecule has 3 N–H and O–H groups in total. The van der Waals surface area contributed by atoms with Crippen LogP contribution in [0.3, 0.4) is 0 Å². The third-order valence-corrected chi connectivity index (χ3v) is 2.99. The van der Waals surface area contributed by atoms with Gasteiger partial charge in [-0.15, -0.1) is 0 Å². The van der Waals surface area contributed by atoms with Crippen LogP contribution in [0, 0.1) is 0 Å². The molecule has 0 saturated carbocycles. The van der Waals surface area contributed by atoms with Crippen LogP contribution in [0.1, 0.15) is 5.56 Å². The lowest BCUT2D eigenvalue weighted by Crippen LogP contribution is -1.98. The Morgan fingerprint density at radius 3 is 2.53 bits per heavy atom. The fourth-order valence-electron chi connectivity index (χ4n) is 1.34. The number of hydrogen-bond donors (Lipinski definition) is 2. The van der Waals surface area contributed by atoms with E-state index in [0.29, 0.717) is 16.6 Å². The first-order valence-electron chi connectivity index (χ1n) is 5.06. The van der Waals surface area contributed by atoms with Gasteiger partial charge in [0.05, 0.1) is 10.0 Å². The van der Waals surface area contributed by atoms with E-state index in [1.807, 2.05) is 18.2 Å². The van der Waals surface area contributed by atoms with Crippen molar-refractivity contribution in [3.8, 4) is 0 Å². The van der Waals surface area contributed by atoms with Gasteiger partial charge in [0.15, 0.2) is 0 Å². The van der Waals surface area contributed by atoms with Crippen LogP contribution < -0.4 is 11.1 Å². The second kappa shape index (κ2) is 5.36. The van der Waals surface area contributed by atoms with Gasteiger partial charge in [-0.3, -0.25) is 0 Å². The molecule has 1 aromatic carbocycles. The van der Waals surface area contributed by atoms with E-state index in [-0.39, 0.29) is 0 Å². The zero-order valence-corrected chi connectivity index (χ0v) is 10.5. The van der Waals surface area contributed by atoms with Crippen molar-refractivity contribution < 1.29 is 0 Å². The summed E-state index contributed by atoms with van der Waals surface area (Å²) >= 11 is 11.8. The minimum Gasteiger partial charge on any atom is -0.340 e. The van der Waals surface area contributed by atoms with Crippen LogP contribution in [-0.4, -0.2) is 4.98 Å². The first-order chi connectivity index (χ1) is 8.19. The standard InChI is InChI=1S/C12H11Cl2N3/c13-10-3-2-9(5-11(10)14)17-12-4-1-8(6-15)7-16-12/h1-5,7H,6,15H2,(H,16,17). The van der Waals surface area contributed by atoms with E-state index in [0.717, 1.165) is 17.1 Å². The molecule has 2 rings (SSSR count). The summed E-state index contributed by atoms with van der Waals surface area (Å²) in [6.45, 7) is 0.486. The highest BCUT2D eigenvalue weighted by atomic mass is 35.5. The first-order valence-corrected chi connectivity index (χ1v) is 5.81. The first kappa shape index (κ1) is 12.2. The highest BCUT2D eigenvalue weighted by Crippen LogP contribution is 2.26. The molecular weight excluding hydrogens is 257 g/mol. The van der Waals surface area contributed by atoms with Crippen LogP contribution in [0.5, 0.6) is 0 Å². The zero-order chi connectivity index (χ0) is 12.3. The Kier molecular flexibility index (Phi) is 3.84. The molecule has 0 amide bonds. The third-order valence-electron chi connectivity index (χ3n) is 2.25. The Morgan fingerprint density at radius 2 is 1.94 bits per heavy atom. The van der Waals surface area contributed by atoms with E-state index < -0.39 is 0 Å². The zero-order valence-electron chi connectivity index (χ0n) is 8.95. The molecule has 17 heavy (non-hydrogen) atoms. The van der Waals surface area contributed by atoms with E-state index in [2.05, 4.69) is 10.3 Å². The summed E-state index contributed by atoms with van der Waals surface area (Å²) in [5.74, 6) is 0.737. The number of nitrogens with one attached hydrogen (secondary N) is 1. The van der Waals surface area contributed by atoms with Crippen molar-refractivity contribution in [3.05, 3.63) is 52.1 Å². The van der Waals surface area contributed by atoms with Gasteiger partial charge in [0.2, 0.25) is 0 Å². The monoisotopic (exact) mass is 267 g/mol. The van der Waals surface area contributed by atoms with Gasteiger partial charge in [-0.1, -0.05) is 29.3 Å². The molecule has 5 heteroatoms. The van der Waals surface area contributed by atoms with Crippen molar-refractivity contribution in [2.24, 2.45) is 5.73 Å². The molecule has 0 saturated heterocycles. The molecule has 0 spiro atoms. The number of aromatic nitrogens is 1. The minimum absolute atomic E-state index is 0.486. The largest absolute Gasteiger partial charge is 0.340 e. The molecular formula is C12H11Cl2N3. The lowest BCUT2D eigenvalue weighted by molar-refractivity contribution is 1.05. The molecule has 1 heterocycles. The molecule has 3 nitrogen and oxygen atoms in total. The summed E-state index contributed by atoms with van der Waals surface area (Å²) < 4.78 is 0. The SMILES string of the molecule is NCc1ccc(Nc2ccc(Cl)c(Cl)c2)nc1. The van der Waals surface area contributed by atoms with Gasteiger partial charge >= 0.3 is 0 Å². The van der Waals surface area contributed by atoms with Gasteiger partial charge in [0, 0.05) is 18.4 Å². The summed E-state index contributed by atoms with van der Waals surface area (Å²) in [7, 11) is 0. The van der Waals surface area contributed by atoms with Crippen molar-refractivity contribution in [2.75, 3.05) is 5.32 Å². The van der Waals surface area contributed by atoms with E-state index in [4.69, 9.17) is 28.9 Å². The smallest absolute Gasteiger partial charge is 0.130 e. The minimum atomic E-state index is 0.486. The Balaban J connectivity index is 2.16. The molecule has 0 unspecified atom stereocenters. The number of benzene rings is 1. The summed E-state index contributed by atoms with van der Waals surface area (Å²) in [6.07, 6.45) is 1.74. The van der Waals surface area contributed by atoms with E-state index in [1.54, 1.807) is 18.3 Å². The molecule has 88 valence electrons. The van der Waals surface area contributed by atoms with Gasteiger partial charge < -0.3 is 11.1 Å². The predicted octanol–water partition coefficient (Wildman–Crippen LogP) is 3.59. The normalized spacial score (nSPS) is 10.3. The second-order valence-corrected chi connectivity index (χ2v) is 4.32. The summed E-state index contributed by atoms with van der Waals surface area (Å²) in [4.78, 5) is 4.23. The molecule has 0 radical (unpaired) electrons. The van der Waals surface area contributed by atoms with E-state index >= 15 is 0 Å². The van der Waals surface area contributed by atoms with Crippen LogP contribution in [0.25, 0.3) is 0 Å². The van der Waals surface area contributed by atoms with Crippen molar-refractivity contribution in [1.29, 1.82) is 0 Å². The molecule has 0 aliphatic rings. The van der Waals surface area contributed by atoms with Crippen LogP contribution in [0.4, 0.5) is 11.5 Å². The van der Waals surface area contributed by atoms with Crippen molar-refractivity contribution in [3.63, 3.8) is 0 Å². The maximum Gasteiger partial charge on any atom is 0.130 e. The van der Waals surface area contributed by atoms with Gasteiger partial charge in [-0.25, -0.2) is 4.98 Å². The van der Waals surface area contributed by atoms with Crippen molar-refractivity contribution in [1.82, 2.24) is 4.98 Å². The van der Waals surface area contributed by atoms with Crippen LogP contribution in [0.15, 0.2) is 36.5 Å². The second-order valence-electron chi connectivity index (χ2n) is 3.51. The average molecular weight is 268 g/mol. The number of halogens is 2. The van der Waals surface area contributed by atoms with Gasteiger partial charge in [-0.05, 0) is 29.8 Å². The fourth-order valence-corrected chi connectivity index (χ4v) is 1.64. The Hall–Kier alpha value is -1.29. The number of pyridine rings is 1. The average Bonchev–Trinajstić information content (AvgIpc) is 2.35. The van der Waals surface area contributed by atoms with Crippen molar-refractivity contribution >= 4 is 34.7 Å². The molecule has 0 fully saturated rings. The van der Waals surface area contributed by atoms with Gasteiger partial charge in [0.1, 0.15) is 5.82 Å². The predicted molar refractivity (Wildman–Crippen MR) is 71.9 cm³/mol. The van der Waals surface area contributed by atoms with E-state index in [9.17, 15) is 0 Å². The Bertz CT molecular complexity index is 512. The lowest BCUT2D eigenvalue weighted by Gasteiger charge is -2.07. The number of anilines is 2. The fraction of sp³-hybridized carbons (Fsp3) is 0.0833. The Morgan fingerprint density at radius 1 is 1.12 bits per heavy atom. The number of nitrogens with zero attached hydrogens (tertiary/aromatic N) is 1. The third kappa shape index (κ3) is 3.09. The summed E-state index contributed by atoms with van der Waals surface area (Å²) in [5, 5.41) is 4.17. The summed E-state index contributed by atoms with van der Waals surface area (Å²) in [6, 6.07) is 9.12. The maximum absolute atomic E-state index is 5.92. The lowest BCUT2D eigenvalue weighted by atomic mass is 10.3. The topological polar surface area (TPSA) is 50.9 Å². The maximum atomic E-state index is 5.92. The quantitative estimate of drug-likeness (QED) is 0.894. The highest BCUT2D eigenvalue weighted by molar-refractivity contribution is 6.42. The van der Waals surface area contributed by atoms with Crippen molar-refractivity contribution in [2.45, 2.75) is 6.54 Å². The molecule has 0 atom stereocenters. The molecule has 0 aliphatic carbocycles. The highest BCUT2D eigenvalue weighted by Gasteiger charge is 2.00. The summed E-state index contributed by atoms with van der Waals surface area (Å²) in [5.41, 5.74) is 7.33. The molecule has 1 aromatic heterocycles. The van der Waals surface area contributed by atoms with Crippen LogP contribution in [-0.2, 0) is 6.54 Å².